The molecule has 0 aliphatic carbocycles. The van der Waals surface area contributed by atoms with Crippen molar-refractivity contribution in [3.05, 3.63) is 76.4 Å². The first kappa shape index (κ1) is 38.0. The van der Waals surface area contributed by atoms with E-state index in [1.807, 2.05) is 35.9 Å². The predicted molar refractivity (Wildman–Crippen MR) is 199 cm³/mol. The van der Waals surface area contributed by atoms with E-state index in [-0.39, 0.29) is 40.0 Å². The Morgan fingerprint density at radius 2 is 1.87 bits per heavy atom. The summed E-state index contributed by atoms with van der Waals surface area (Å²) >= 11 is 13.4. The number of hydrogen-bond donors (Lipinski definition) is 1. The quantitative estimate of drug-likeness (QED) is 0.122. The third-order valence-electron chi connectivity index (χ3n) is 9.75. The Kier molecular flexibility index (Phi) is 12.4. The van der Waals surface area contributed by atoms with Crippen molar-refractivity contribution in [3.63, 3.8) is 0 Å². The number of hydrogen-bond acceptors (Lipinski definition) is 9. The van der Waals surface area contributed by atoms with Crippen LogP contribution in [0.1, 0.15) is 56.7 Å². The molecule has 0 spiro atoms. The summed E-state index contributed by atoms with van der Waals surface area (Å²) in [5, 5.41) is 4.11. The van der Waals surface area contributed by atoms with Crippen LogP contribution < -0.4 is 10.1 Å². The first-order valence-corrected chi connectivity index (χ1v) is 19.9. The molecule has 1 amide bonds. The zero-order valence-corrected chi connectivity index (χ0v) is 31.7. The van der Waals surface area contributed by atoms with E-state index in [2.05, 4.69) is 15.2 Å². The number of unbranched alkanes of at least 4 members (excludes halogenated alkanes) is 1. The average Bonchev–Trinajstić information content (AvgIpc) is 3.85. The van der Waals surface area contributed by atoms with E-state index >= 15 is 0 Å². The third-order valence-corrected chi connectivity index (χ3v) is 12.6. The van der Waals surface area contributed by atoms with Crippen LogP contribution in [0.5, 0.6) is 5.75 Å². The van der Waals surface area contributed by atoms with Crippen LogP contribution in [-0.4, -0.2) is 89.4 Å². The van der Waals surface area contributed by atoms with Gasteiger partial charge in [0, 0.05) is 54.1 Å². The van der Waals surface area contributed by atoms with Gasteiger partial charge in [-0.15, -0.1) is 0 Å². The molecule has 4 heterocycles. The molecular formula is C37H44Cl2N6O6S. The number of likely N-dealkylation sites (tertiary alicyclic amines) is 1. The highest BCUT2D eigenvalue weighted by molar-refractivity contribution is 7.89. The number of para-hydroxylation sites is 1. The number of sulfonamides is 1. The van der Waals surface area contributed by atoms with Crippen molar-refractivity contribution >= 4 is 56.0 Å². The summed E-state index contributed by atoms with van der Waals surface area (Å²) in [5.41, 5.74) is 2.63. The molecule has 1 atom stereocenters. The molecule has 4 aromatic rings. The molecule has 2 aliphatic rings. The van der Waals surface area contributed by atoms with Crippen molar-refractivity contribution in [2.75, 3.05) is 39.3 Å². The number of esters is 1. The normalized spacial score (nSPS) is 17.4. The number of pyridine rings is 1. The highest BCUT2D eigenvalue weighted by atomic mass is 35.5. The maximum absolute atomic E-state index is 14.1. The van der Waals surface area contributed by atoms with Crippen molar-refractivity contribution in [3.8, 4) is 11.4 Å². The van der Waals surface area contributed by atoms with Gasteiger partial charge in [-0.1, -0.05) is 35.3 Å². The van der Waals surface area contributed by atoms with Gasteiger partial charge in [-0.25, -0.2) is 18.4 Å². The summed E-state index contributed by atoms with van der Waals surface area (Å²) in [7, 11) is -4.15. The number of carbonyl (C=O) groups is 2. The minimum atomic E-state index is -4.15. The van der Waals surface area contributed by atoms with E-state index in [1.165, 1.54) is 23.4 Å². The maximum Gasteiger partial charge on any atom is 0.302 e. The van der Waals surface area contributed by atoms with Gasteiger partial charge in [0.2, 0.25) is 15.9 Å². The molecule has 0 bridgehead atoms. The monoisotopic (exact) mass is 770 g/mol. The number of carbonyl (C=O) groups excluding carboxylic acids is 2. The smallest absolute Gasteiger partial charge is 0.302 e. The third kappa shape index (κ3) is 8.71. The van der Waals surface area contributed by atoms with Crippen LogP contribution in [0.4, 0.5) is 0 Å². The summed E-state index contributed by atoms with van der Waals surface area (Å²) in [6.45, 7) is 7.18. The number of halogens is 2. The number of fused-ring (bicyclic) bond motifs is 1. The average molecular weight is 772 g/mol. The van der Waals surface area contributed by atoms with Gasteiger partial charge in [0.25, 0.3) is 0 Å². The van der Waals surface area contributed by atoms with E-state index in [0.717, 1.165) is 62.1 Å². The van der Waals surface area contributed by atoms with E-state index in [1.54, 1.807) is 18.6 Å². The first-order chi connectivity index (χ1) is 25.0. The lowest BCUT2D eigenvalue weighted by Gasteiger charge is -2.32. The fourth-order valence-electron chi connectivity index (χ4n) is 6.96. The number of aryl methyl sites for hydroxylation is 1. The first-order valence-electron chi connectivity index (χ1n) is 17.7. The molecule has 2 aromatic heterocycles. The van der Waals surface area contributed by atoms with E-state index in [9.17, 15) is 18.0 Å². The Balaban J connectivity index is 1.09. The molecule has 2 aliphatic heterocycles. The summed E-state index contributed by atoms with van der Waals surface area (Å²) in [6.07, 6.45) is 9.95. The zero-order valence-electron chi connectivity index (χ0n) is 29.4. The molecule has 1 N–H and O–H groups in total. The number of nitrogens with one attached hydrogen (secondary N) is 1. The molecule has 278 valence electrons. The fourth-order valence-corrected chi connectivity index (χ4v) is 9.48. The molecule has 12 nitrogen and oxygen atoms in total. The molecule has 2 saturated heterocycles. The van der Waals surface area contributed by atoms with Crippen LogP contribution in [0.3, 0.4) is 0 Å². The molecule has 52 heavy (non-hydrogen) atoms. The van der Waals surface area contributed by atoms with Gasteiger partial charge in [0.05, 0.1) is 23.6 Å². The van der Waals surface area contributed by atoms with Gasteiger partial charge in [-0.05, 0) is 95.3 Å². The van der Waals surface area contributed by atoms with Crippen LogP contribution in [-0.2, 0) is 31.0 Å². The molecule has 2 fully saturated rings. The number of ether oxygens (including phenoxy) is 2. The van der Waals surface area contributed by atoms with Crippen molar-refractivity contribution in [2.45, 2.75) is 69.9 Å². The molecule has 0 saturated carbocycles. The number of rotatable bonds is 14. The molecule has 2 aromatic carbocycles. The molecule has 15 heteroatoms. The highest BCUT2D eigenvalue weighted by Crippen LogP contribution is 2.37. The Hall–Kier alpha value is -3.75. The number of amides is 1. The van der Waals surface area contributed by atoms with Crippen LogP contribution in [0.25, 0.3) is 16.6 Å². The Bertz CT molecular complexity index is 2000. The summed E-state index contributed by atoms with van der Waals surface area (Å²) < 4.78 is 42.6. The van der Waals surface area contributed by atoms with Gasteiger partial charge in [0.1, 0.15) is 28.8 Å². The second kappa shape index (κ2) is 16.9. The second-order valence-corrected chi connectivity index (χ2v) is 16.0. The zero-order chi connectivity index (χ0) is 36.8. The number of piperidine rings is 1. The standard InChI is InChI=1S/C37H44Cl2N6O6S/c1-25-21-32(44-19-14-40-24-44)28-7-5-9-33(36(28)42-25)51-23-29-30(38)10-11-34(35(29)39)52(48,49)45-16-6-8-31(45)37(47)41-22-27-12-17-43(18-13-27)15-3-4-20-50-26(2)46/h5,7,9-11,14,19,21,24,27,31H,3-4,6,8,12-13,15-18,20,22-23H2,1-2H3,(H,41,47)/t31-/m0/s1. The molecule has 0 unspecified atom stereocenters. The van der Waals surface area contributed by atoms with E-state index in [4.69, 9.17) is 37.7 Å². The Labute approximate surface area is 314 Å². The number of nitrogens with zero attached hydrogens (tertiary/aromatic N) is 5. The van der Waals surface area contributed by atoms with Crippen molar-refractivity contribution in [1.29, 1.82) is 0 Å². The molecule has 6 rings (SSSR count). The SMILES string of the molecule is CC(=O)OCCCCN1CCC(CNC(=O)[C@@H]2CCCN2S(=O)(=O)c2ccc(Cl)c(COc3cccc4c(-n5ccnc5)cc(C)nc34)c2Cl)CC1. The largest absolute Gasteiger partial charge is 0.487 e. The lowest BCUT2D eigenvalue weighted by Crippen LogP contribution is -2.47. The van der Waals surface area contributed by atoms with Gasteiger partial charge >= 0.3 is 5.97 Å². The van der Waals surface area contributed by atoms with Gasteiger partial charge in [-0.3, -0.25) is 9.59 Å². The van der Waals surface area contributed by atoms with Gasteiger partial charge in [-0.2, -0.15) is 4.31 Å². The number of benzene rings is 2. The van der Waals surface area contributed by atoms with Gasteiger partial charge < -0.3 is 24.3 Å². The summed E-state index contributed by atoms with van der Waals surface area (Å²) in [5.74, 6) is 0.259. The highest BCUT2D eigenvalue weighted by Gasteiger charge is 2.41. The van der Waals surface area contributed by atoms with Crippen LogP contribution in [0.15, 0.2) is 60.0 Å². The lowest BCUT2D eigenvalue weighted by molar-refractivity contribution is -0.141. The van der Waals surface area contributed by atoms with Crippen LogP contribution >= 0.6 is 23.2 Å². The fraction of sp³-hybridized carbons (Fsp3) is 0.459. The van der Waals surface area contributed by atoms with Crippen molar-refractivity contribution < 1.29 is 27.5 Å². The topological polar surface area (TPSA) is 136 Å². The van der Waals surface area contributed by atoms with Gasteiger partial charge in [0.15, 0.2) is 0 Å². The van der Waals surface area contributed by atoms with Crippen LogP contribution in [0.2, 0.25) is 10.0 Å². The van der Waals surface area contributed by atoms with E-state index in [0.29, 0.717) is 48.7 Å². The summed E-state index contributed by atoms with van der Waals surface area (Å²) in [4.78, 5) is 35.5. The van der Waals surface area contributed by atoms with Crippen LogP contribution in [0, 0.1) is 12.8 Å². The minimum Gasteiger partial charge on any atom is -0.487 e. The Morgan fingerprint density at radius 1 is 1.06 bits per heavy atom. The number of imidazole rings is 1. The predicted octanol–water partition coefficient (Wildman–Crippen LogP) is 5.94. The van der Waals surface area contributed by atoms with Crippen molar-refractivity contribution in [1.82, 2.24) is 29.1 Å². The minimum absolute atomic E-state index is 0.0415. The maximum atomic E-state index is 14.1. The number of aromatic nitrogens is 3. The Morgan fingerprint density at radius 3 is 2.62 bits per heavy atom. The second-order valence-electron chi connectivity index (χ2n) is 13.4. The lowest BCUT2D eigenvalue weighted by atomic mass is 9.96. The summed E-state index contributed by atoms with van der Waals surface area (Å²) in [6, 6.07) is 9.62. The van der Waals surface area contributed by atoms with Crippen molar-refractivity contribution in [2.24, 2.45) is 5.92 Å². The molecule has 0 radical (unpaired) electrons. The van der Waals surface area contributed by atoms with E-state index < -0.39 is 16.1 Å². The molecular weight excluding hydrogens is 727 g/mol.